The molecular weight excluding hydrogens is 192 g/mol. The Morgan fingerprint density at radius 3 is 2.83 bits per heavy atom. The molecule has 0 amide bonds. The lowest BCUT2D eigenvalue weighted by Crippen LogP contribution is -2.29. The van der Waals surface area contributed by atoms with Crippen molar-refractivity contribution in [2.45, 2.75) is 19.9 Å². The fourth-order valence-electron chi connectivity index (χ4n) is 0.796. The summed E-state index contributed by atoms with van der Waals surface area (Å²) < 4.78 is 0. The highest BCUT2D eigenvalue weighted by molar-refractivity contribution is 7.13. The molecule has 0 bridgehead atoms. The molecule has 1 unspecified atom stereocenters. The van der Waals surface area contributed by atoms with E-state index in [9.17, 15) is 0 Å². The highest BCUT2D eigenvalue weighted by Crippen LogP contribution is 2.20. The van der Waals surface area contributed by atoms with Crippen LogP contribution >= 0.6 is 22.9 Å². The SMILES string of the molecule is Cc1csc(N(C)C(C)CCl)n1. The Bertz CT molecular complexity index is 249. The van der Waals surface area contributed by atoms with E-state index in [1.807, 2.05) is 19.4 Å². The molecule has 0 saturated heterocycles. The number of hydrogen-bond donors (Lipinski definition) is 0. The second-order valence-electron chi connectivity index (χ2n) is 2.89. The second-order valence-corrected chi connectivity index (χ2v) is 4.03. The Labute approximate surface area is 82.2 Å². The number of hydrogen-bond acceptors (Lipinski definition) is 3. The second kappa shape index (κ2) is 4.10. The van der Waals surface area contributed by atoms with E-state index in [1.54, 1.807) is 11.3 Å². The van der Waals surface area contributed by atoms with Gasteiger partial charge < -0.3 is 4.90 Å². The van der Waals surface area contributed by atoms with Crippen LogP contribution in [0.3, 0.4) is 0 Å². The topological polar surface area (TPSA) is 16.1 Å². The number of alkyl halides is 1. The van der Waals surface area contributed by atoms with Gasteiger partial charge in [-0.1, -0.05) is 0 Å². The van der Waals surface area contributed by atoms with E-state index in [1.165, 1.54) is 0 Å². The molecule has 0 aliphatic carbocycles. The molecular formula is C8H13ClN2S. The van der Waals surface area contributed by atoms with E-state index in [0.717, 1.165) is 10.8 Å². The smallest absolute Gasteiger partial charge is 0.185 e. The third-order valence-corrected chi connectivity index (χ3v) is 3.29. The van der Waals surface area contributed by atoms with Crippen LogP contribution in [0.2, 0.25) is 0 Å². The van der Waals surface area contributed by atoms with Crippen molar-refractivity contribution in [2.75, 3.05) is 17.8 Å². The van der Waals surface area contributed by atoms with Gasteiger partial charge in [0.05, 0.1) is 5.69 Å². The van der Waals surface area contributed by atoms with Crippen molar-refractivity contribution in [1.29, 1.82) is 0 Å². The molecule has 1 aromatic rings. The van der Waals surface area contributed by atoms with Gasteiger partial charge in [0, 0.05) is 24.3 Å². The summed E-state index contributed by atoms with van der Waals surface area (Å²) in [5.41, 5.74) is 1.07. The van der Waals surface area contributed by atoms with Crippen LogP contribution < -0.4 is 4.90 Å². The van der Waals surface area contributed by atoms with Crippen LogP contribution in [0.4, 0.5) is 5.13 Å². The monoisotopic (exact) mass is 204 g/mol. The zero-order valence-electron chi connectivity index (χ0n) is 7.54. The molecule has 1 aromatic heterocycles. The van der Waals surface area contributed by atoms with Crippen molar-refractivity contribution in [2.24, 2.45) is 0 Å². The lowest BCUT2D eigenvalue weighted by atomic mass is 10.4. The van der Waals surface area contributed by atoms with E-state index < -0.39 is 0 Å². The summed E-state index contributed by atoms with van der Waals surface area (Å²) in [5, 5.41) is 3.09. The summed E-state index contributed by atoms with van der Waals surface area (Å²) in [6.07, 6.45) is 0. The molecule has 0 N–H and O–H groups in total. The number of halogens is 1. The van der Waals surface area contributed by atoms with Crippen LogP contribution in [0.15, 0.2) is 5.38 Å². The van der Waals surface area contributed by atoms with Gasteiger partial charge in [-0.25, -0.2) is 4.98 Å². The zero-order chi connectivity index (χ0) is 9.14. The van der Waals surface area contributed by atoms with Crippen LogP contribution in [0.25, 0.3) is 0 Å². The summed E-state index contributed by atoms with van der Waals surface area (Å²) in [6.45, 7) is 4.09. The minimum Gasteiger partial charge on any atom is -0.347 e. The minimum absolute atomic E-state index is 0.345. The van der Waals surface area contributed by atoms with Gasteiger partial charge in [0.1, 0.15) is 0 Å². The lowest BCUT2D eigenvalue weighted by Gasteiger charge is -2.21. The maximum absolute atomic E-state index is 5.74. The quantitative estimate of drug-likeness (QED) is 0.704. The Morgan fingerprint density at radius 2 is 2.42 bits per heavy atom. The first kappa shape index (κ1) is 9.81. The van der Waals surface area contributed by atoms with Crippen molar-refractivity contribution in [3.05, 3.63) is 11.1 Å². The molecule has 1 rings (SSSR count). The minimum atomic E-state index is 0.345. The number of rotatable bonds is 3. The summed E-state index contributed by atoms with van der Waals surface area (Å²) in [5.74, 6) is 0.634. The number of aromatic nitrogens is 1. The van der Waals surface area contributed by atoms with E-state index in [4.69, 9.17) is 11.6 Å². The van der Waals surface area contributed by atoms with Gasteiger partial charge >= 0.3 is 0 Å². The molecule has 0 aromatic carbocycles. The van der Waals surface area contributed by atoms with Crippen molar-refractivity contribution < 1.29 is 0 Å². The normalized spacial score (nSPS) is 13.0. The molecule has 68 valence electrons. The average molecular weight is 205 g/mol. The Balaban J connectivity index is 2.70. The Kier molecular flexibility index (Phi) is 3.35. The molecule has 4 heteroatoms. The van der Waals surface area contributed by atoms with Gasteiger partial charge in [-0.3, -0.25) is 0 Å². The summed E-state index contributed by atoms with van der Waals surface area (Å²) in [6, 6.07) is 0.345. The van der Waals surface area contributed by atoms with Gasteiger partial charge in [0.15, 0.2) is 5.13 Å². The summed E-state index contributed by atoms with van der Waals surface area (Å²) >= 11 is 7.40. The van der Waals surface area contributed by atoms with Crippen LogP contribution in [-0.4, -0.2) is 24.0 Å². The van der Waals surface area contributed by atoms with Gasteiger partial charge in [-0.15, -0.1) is 22.9 Å². The molecule has 0 fully saturated rings. The zero-order valence-corrected chi connectivity index (χ0v) is 9.11. The van der Waals surface area contributed by atoms with E-state index in [2.05, 4.69) is 16.8 Å². The van der Waals surface area contributed by atoms with E-state index >= 15 is 0 Å². The number of aryl methyl sites for hydroxylation is 1. The van der Waals surface area contributed by atoms with Crippen LogP contribution in [0.5, 0.6) is 0 Å². The van der Waals surface area contributed by atoms with Crippen LogP contribution in [0.1, 0.15) is 12.6 Å². The predicted octanol–water partition coefficient (Wildman–Crippen LogP) is 2.52. The fourth-order valence-corrected chi connectivity index (χ4v) is 1.87. The highest BCUT2D eigenvalue weighted by Gasteiger charge is 2.10. The summed E-state index contributed by atoms with van der Waals surface area (Å²) in [7, 11) is 2.02. The first-order valence-electron chi connectivity index (χ1n) is 3.86. The van der Waals surface area contributed by atoms with E-state index in [-0.39, 0.29) is 0 Å². The number of thiazole rings is 1. The molecule has 0 aliphatic heterocycles. The molecule has 0 aliphatic rings. The van der Waals surface area contributed by atoms with Gasteiger partial charge in [-0.05, 0) is 13.8 Å². The highest BCUT2D eigenvalue weighted by atomic mass is 35.5. The molecule has 12 heavy (non-hydrogen) atoms. The largest absolute Gasteiger partial charge is 0.347 e. The van der Waals surface area contributed by atoms with Crippen molar-refractivity contribution in [1.82, 2.24) is 4.98 Å². The van der Waals surface area contributed by atoms with Crippen molar-refractivity contribution in [3.63, 3.8) is 0 Å². The molecule has 1 heterocycles. The predicted molar refractivity (Wildman–Crippen MR) is 55.4 cm³/mol. The maximum atomic E-state index is 5.74. The fraction of sp³-hybridized carbons (Fsp3) is 0.625. The molecule has 1 atom stereocenters. The first-order valence-corrected chi connectivity index (χ1v) is 5.27. The molecule has 0 saturated carbocycles. The van der Waals surface area contributed by atoms with E-state index in [0.29, 0.717) is 11.9 Å². The third kappa shape index (κ3) is 2.11. The maximum Gasteiger partial charge on any atom is 0.185 e. The first-order chi connectivity index (χ1) is 5.65. The van der Waals surface area contributed by atoms with Crippen LogP contribution in [-0.2, 0) is 0 Å². The lowest BCUT2D eigenvalue weighted by molar-refractivity contribution is 0.757. The van der Waals surface area contributed by atoms with Gasteiger partial charge in [0.2, 0.25) is 0 Å². The van der Waals surface area contributed by atoms with Gasteiger partial charge in [-0.2, -0.15) is 0 Å². The molecule has 2 nitrogen and oxygen atoms in total. The third-order valence-electron chi connectivity index (χ3n) is 1.79. The van der Waals surface area contributed by atoms with Crippen LogP contribution in [0, 0.1) is 6.92 Å². The van der Waals surface area contributed by atoms with Gasteiger partial charge in [0.25, 0.3) is 0 Å². The number of anilines is 1. The standard InChI is InChI=1S/C8H13ClN2S/c1-6-5-12-8(10-6)11(3)7(2)4-9/h5,7H,4H2,1-3H3. The summed E-state index contributed by atoms with van der Waals surface area (Å²) in [4.78, 5) is 6.47. The van der Waals surface area contributed by atoms with Crippen molar-refractivity contribution >= 4 is 28.1 Å². The average Bonchev–Trinajstić information content (AvgIpc) is 2.49. The number of nitrogens with zero attached hydrogens (tertiary/aromatic N) is 2. The van der Waals surface area contributed by atoms with Crippen molar-refractivity contribution in [3.8, 4) is 0 Å². The Morgan fingerprint density at radius 1 is 1.75 bits per heavy atom. The molecule has 0 radical (unpaired) electrons. The molecule has 0 spiro atoms. The Hall–Kier alpha value is -0.280.